The number of nitrogens with one attached hydrogen (secondary N) is 1. The Balaban J connectivity index is 0.00000208. The first-order chi connectivity index (χ1) is 10.8. The zero-order valence-electron chi connectivity index (χ0n) is 14.2. The van der Waals surface area contributed by atoms with E-state index in [0.717, 1.165) is 17.7 Å². The quantitative estimate of drug-likeness (QED) is 0.817. The van der Waals surface area contributed by atoms with E-state index in [-0.39, 0.29) is 30.3 Å². The summed E-state index contributed by atoms with van der Waals surface area (Å²) in [6.45, 7) is 5.94. The van der Waals surface area contributed by atoms with E-state index in [9.17, 15) is 13.5 Å². The molecular formula is C16H25ClN2O4S. The summed E-state index contributed by atoms with van der Waals surface area (Å²) in [5.41, 5.74) is 1.28. The minimum Gasteiger partial charge on any atom is -0.496 e. The fraction of sp³-hybridized carbons (Fsp3) is 0.625. The summed E-state index contributed by atoms with van der Waals surface area (Å²) < 4.78 is 33.0. The van der Waals surface area contributed by atoms with Crippen LogP contribution in [0.3, 0.4) is 0 Å². The highest BCUT2D eigenvalue weighted by molar-refractivity contribution is 7.89. The number of aliphatic hydroxyl groups is 1. The monoisotopic (exact) mass is 376 g/mol. The molecule has 2 saturated heterocycles. The van der Waals surface area contributed by atoms with Gasteiger partial charge in [-0.05, 0) is 37.4 Å². The summed E-state index contributed by atoms with van der Waals surface area (Å²) >= 11 is 0. The molecule has 6 nitrogen and oxygen atoms in total. The van der Waals surface area contributed by atoms with Crippen molar-refractivity contribution in [3.8, 4) is 5.75 Å². The van der Waals surface area contributed by atoms with E-state index < -0.39 is 10.0 Å². The zero-order valence-corrected chi connectivity index (χ0v) is 15.8. The Morgan fingerprint density at radius 1 is 1.38 bits per heavy atom. The highest BCUT2D eigenvalue weighted by Crippen LogP contribution is 2.41. The number of methoxy groups -OCH3 is 1. The van der Waals surface area contributed by atoms with Gasteiger partial charge in [-0.2, -0.15) is 4.31 Å². The van der Waals surface area contributed by atoms with Crippen molar-refractivity contribution >= 4 is 22.4 Å². The Morgan fingerprint density at radius 2 is 2.08 bits per heavy atom. The van der Waals surface area contributed by atoms with Crippen LogP contribution < -0.4 is 10.1 Å². The molecule has 2 atom stereocenters. The number of aryl methyl sites for hydroxylation is 2. The van der Waals surface area contributed by atoms with Gasteiger partial charge in [0.2, 0.25) is 10.0 Å². The van der Waals surface area contributed by atoms with Crippen molar-refractivity contribution in [1.82, 2.24) is 9.62 Å². The molecule has 1 aromatic carbocycles. The van der Waals surface area contributed by atoms with E-state index >= 15 is 0 Å². The summed E-state index contributed by atoms with van der Waals surface area (Å²) in [7, 11) is -2.05. The molecule has 2 aliphatic heterocycles. The molecule has 8 heteroatoms. The Morgan fingerprint density at radius 3 is 2.67 bits per heavy atom. The van der Waals surface area contributed by atoms with Crippen molar-refractivity contribution < 1.29 is 18.3 Å². The number of halogens is 1. The Labute approximate surface area is 149 Å². The minimum absolute atomic E-state index is 0. The predicted octanol–water partition coefficient (Wildman–Crippen LogP) is 0.936. The van der Waals surface area contributed by atoms with Gasteiger partial charge in [0, 0.05) is 31.1 Å². The zero-order chi connectivity index (χ0) is 16.8. The molecular weight excluding hydrogens is 352 g/mol. The fourth-order valence-electron chi connectivity index (χ4n) is 3.83. The number of fused-ring (bicyclic) bond motifs is 1. The summed E-state index contributed by atoms with van der Waals surface area (Å²) in [4.78, 5) is 0.293. The Kier molecular flexibility index (Phi) is 5.52. The molecule has 0 saturated carbocycles. The first kappa shape index (κ1) is 19.5. The van der Waals surface area contributed by atoms with Crippen molar-refractivity contribution in [2.75, 3.05) is 39.9 Å². The largest absolute Gasteiger partial charge is 0.496 e. The second kappa shape index (κ2) is 6.80. The molecule has 24 heavy (non-hydrogen) atoms. The van der Waals surface area contributed by atoms with E-state index in [1.165, 1.54) is 4.31 Å². The van der Waals surface area contributed by atoms with Crippen molar-refractivity contribution in [2.24, 2.45) is 11.3 Å². The number of aliphatic hydroxyl groups excluding tert-OH is 1. The predicted molar refractivity (Wildman–Crippen MR) is 94.4 cm³/mol. The van der Waals surface area contributed by atoms with Crippen molar-refractivity contribution in [3.63, 3.8) is 0 Å². The molecule has 0 amide bonds. The van der Waals surface area contributed by atoms with Gasteiger partial charge >= 0.3 is 0 Å². The fourth-order valence-corrected chi connectivity index (χ4v) is 5.63. The SMILES string of the molecule is COc1cc(S(=O)(=O)N2CC3CNCC3(CO)C2)c(C)cc1C.Cl. The number of ether oxygens (including phenoxy) is 1. The number of sulfonamides is 1. The molecule has 0 aromatic heterocycles. The summed E-state index contributed by atoms with van der Waals surface area (Å²) in [6.07, 6.45) is 0. The maximum absolute atomic E-state index is 13.1. The Bertz CT molecular complexity index is 725. The molecule has 2 N–H and O–H groups in total. The van der Waals surface area contributed by atoms with Crippen molar-refractivity contribution in [1.29, 1.82) is 0 Å². The lowest BCUT2D eigenvalue weighted by atomic mass is 9.82. The van der Waals surface area contributed by atoms with E-state index in [4.69, 9.17) is 4.74 Å². The highest BCUT2D eigenvalue weighted by atomic mass is 35.5. The van der Waals surface area contributed by atoms with Crippen LogP contribution in [0.5, 0.6) is 5.75 Å². The van der Waals surface area contributed by atoms with E-state index in [2.05, 4.69) is 5.32 Å². The minimum atomic E-state index is -3.59. The van der Waals surface area contributed by atoms with Gasteiger partial charge in [-0.3, -0.25) is 0 Å². The highest BCUT2D eigenvalue weighted by Gasteiger charge is 2.52. The van der Waals surface area contributed by atoms with Gasteiger partial charge in [-0.25, -0.2) is 8.42 Å². The average Bonchev–Trinajstić information content (AvgIpc) is 3.04. The van der Waals surface area contributed by atoms with E-state index in [1.807, 2.05) is 13.0 Å². The molecule has 2 fully saturated rings. The van der Waals surface area contributed by atoms with Gasteiger partial charge in [0.25, 0.3) is 0 Å². The van der Waals surface area contributed by atoms with Crippen LogP contribution >= 0.6 is 12.4 Å². The normalized spacial score (nSPS) is 26.9. The van der Waals surface area contributed by atoms with Crippen LogP contribution in [0.15, 0.2) is 17.0 Å². The van der Waals surface area contributed by atoms with Crippen LogP contribution in [0, 0.1) is 25.2 Å². The van der Waals surface area contributed by atoms with Crippen LogP contribution in [0.4, 0.5) is 0 Å². The summed E-state index contributed by atoms with van der Waals surface area (Å²) in [5, 5.41) is 13.0. The molecule has 136 valence electrons. The van der Waals surface area contributed by atoms with Crippen LogP contribution in [-0.4, -0.2) is 57.7 Å². The lowest BCUT2D eigenvalue weighted by Crippen LogP contribution is -2.38. The maximum Gasteiger partial charge on any atom is 0.243 e. The second-order valence-electron chi connectivity index (χ2n) is 6.73. The summed E-state index contributed by atoms with van der Waals surface area (Å²) in [6, 6.07) is 3.45. The number of rotatable bonds is 4. The third-order valence-corrected chi connectivity index (χ3v) is 7.23. The number of benzene rings is 1. The Hall–Kier alpha value is -0.860. The van der Waals surface area contributed by atoms with Crippen LogP contribution in [0.25, 0.3) is 0 Å². The van der Waals surface area contributed by atoms with Gasteiger partial charge < -0.3 is 15.2 Å². The van der Waals surface area contributed by atoms with Crippen LogP contribution in [0.2, 0.25) is 0 Å². The number of nitrogens with zero attached hydrogens (tertiary/aromatic N) is 1. The second-order valence-corrected chi connectivity index (χ2v) is 8.64. The van der Waals surface area contributed by atoms with Gasteiger partial charge in [0.05, 0.1) is 18.6 Å². The standard InChI is InChI=1S/C16H24N2O4S.ClH/c1-11-4-12(2)15(5-14(11)22-3)23(20,21)18-7-13-6-17-8-16(13,9-18)10-19;/h4-5,13,17,19H,6-10H2,1-3H3;1H. The number of hydrogen-bond donors (Lipinski definition) is 2. The molecule has 0 bridgehead atoms. The van der Waals surface area contributed by atoms with E-state index in [0.29, 0.717) is 30.3 Å². The lowest BCUT2D eigenvalue weighted by Gasteiger charge is -2.25. The molecule has 2 heterocycles. The topological polar surface area (TPSA) is 78.9 Å². The average molecular weight is 377 g/mol. The molecule has 2 aliphatic rings. The maximum atomic E-state index is 13.1. The first-order valence-electron chi connectivity index (χ1n) is 7.81. The molecule has 3 rings (SSSR count). The van der Waals surface area contributed by atoms with Gasteiger partial charge in [0.15, 0.2) is 0 Å². The molecule has 0 radical (unpaired) electrons. The van der Waals surface area contributed by atoms with Crippen molar-refractivity contribution in [2.45, 2.75) is 18.7 Å². The first-order valence-corrected chi connectivity index (χ1v) is 9.25. The third-order valence-electron chi connectivity index (χ3n) is 5.27. The summed E-state index contributed by atoms with van der Waals surface area (Å²) in [5.74, 6) is 0.738. The smallest absolute Gasteiger partial charge is 0.243 e. The van der Waals surface area contributed by atoms with Crippen LogP contribution in [-0.2, 0) is 10.0 Å². The molecule has 0 spiro atoms. The van der Waals surface area contributed by atoms with Gasteiger partial charge in [-0.15, -0.1) is 12.4 Å². The van der Waals surface area contributed by atoms with Gasteiger partial charge in [-0.1, -0.05) is 6.07 Å². The number of hydrogen-bond acceptors (Lipinski definition) is 5. The van der Waals surface area contributed by atoms with E-state index in [1.54, 1.807) is 20.1 Å². The van der Waals surface area contributed by atoms with Gasteiger partial charge in [0.1, 0.15) is 5.75 Å². The molecule has 2 unspecified atom stereocenters. The molecule has 1 aromatic rings. The van der Waals surface area contributed by atoms with Crippen LogP contribution in [0.1, 0.15) is 11.1 Å². The molecule has 0 aliphatic carbocycles. The van der Waals surface area contributed by atoms with Crippen molar-refractivity contribution in [3.05, 3.63) is 23.3 Å². The lowest BCUT2D eigenvalue weighted by molar-refractivity contribution is 0.130. The third kappa shape index (κ3) is 2.93.